The summed E-state index contributed by atoms with van der Waals surface area (Å²) in [6, 6.07) is 6.39. The number of hydrogen-bond acceptors (Lipinski definition) is 4. The first-order chi connectivity index (χ1) is 12.2. The highest BCUT2D eigenvalue weighted by Gasteiger charge is 2.36. The normalized spacial score (nSPS) is 16.9. The molecule has 2 N–H and O–H groups in total. The summed E-state index contributed by atoms with van der Waals surface area (Å²) in [7, 11) is 0. The van der Waals surface area contributed by atoms with Crippen molar-refractivity contribution in [1.82, 2.24) is 4.90 Å². The van der Waals surface area contributed by atoms with Gasteiger partial charge in [0.1, 0.15) is 11.6 Å². The summed E-state index contributed by atoms with van der Waals surface area (Å²) >= 11 is 0. The van der Waals surface area contributed by atoms with Gasteiger partial charge in [-0.2, -0.15) is 0 Å². The van der Waals surface area contributed by atoms with E-state index in [1.165, 1.54) is 4.90 Å². The van der Waals surface area contributed by atoms with Crippen LogP contribution in [0.3, 0.4) is 0 Å². The van der Waals surface area contributed by atoms with Crippen molar-refractivity contribution in [3.05, 3.63) is 24.3 Å². The molecule has 0 bridgehead atoms. The molecule has 1 aliphatic rings. The number of hydrogen-bond donors (Lipinski definition) is 2. The summed E-state index contributed by atoms with van der Waals surface area (Å²) in [5.41, 5.74) is 0.581. The molecule has 1 atom stereocenters. The number of carbonyl (C=O) groups is 3. The van der Waals surface area contributed by atoms with Crippen LogP contribution in [0, 0.1) is 0 Å². The van der Waals surface area contributed by atoms with Crippen molar-refractivity contribution in [2.45, 2.75) is 58.6 Å². The van der Waals surface area contributed by atoms with Crippen LogP contribution >= 0.6 is 0 Å². The largest absolute Gasteiger partial charge is 0.444 e. The van der Waals surface area contributed by atoms with Crippen LogP contribution in [0.15, 0.2) is 24.3 Å². The lowest BCUT2D eigenvalue weighted by molar-refractivity contribution is -0.120. The van der Waals surface area contributed by atoms with Crippen LogP contribution in [-0.4, -0.2) is 41.0 Å². The number of anilines is 2. The summed E-state index contributed by atoms with van der Waals surface area (Å²) in [6.07, 6.45) is 1.25. The monoisotopic (exact) mass is 361 g/mol. The maximum Gasteiger partial charge on any atom is 0.410 e. The molecule has 1 fully saturated rings. The van der Waals surface area contributed by atoms with Crippen molar-refractivity contribution >= 4 is 29.3 Å². The summed E-state index contributed by atoms with van der Waals surface area (Å²) in [6.45, 7) is 7.66. The molecule has 1 aromatic rings. The Balaban J connectivity index is 2.03. The van der Waals surface area contributed by atoms with Crippen LogP contribution < -0.4 is 10.6 Å². The van der Waals surface area contributed by atoms with Gasteiger partial charge >= 0.3 is 6.09 Å². The molecule has 1 heterocycles. The number of benzene rings is 1. The Kier molecular flexibility index (Phi) is 6.23. The van der Waals surface area contributed by atoms with E-state index in [1.54, 1.807) is 52.0 Å². The number of nitrogens with one attached hydrogen (secondary N) is 2. The standard InChI is InChI=1S/C19H27N3O4/c1-5-16(23)20-13-8-6-9-14(12-13)21-17(24)15-10-7-11-22(15)18(25)26-19(2,3)4/h6,8-9,12,15H,5,7,10-11H2,1-4H3,(H,20,23)(H,21,24)/t15-/m1/s1. The van der Waals surface area contributed by atoms with Crippen molar-refractivity contribution in [2.24, 2.45) is 0 Å². The minimum Gasteiger partial charge on any atom is -0.444 e. The molecule has 0 aromatic heterocycles. The molecule has 0 radical (unpaired) electrons. The Hall–Kier alpha value is -2.57. The number of likely N-dealkylation sites (tertiary alicyclic amines) is 1. The van der Waals surface area contributed by atoms with E-state index in [2.05, 4.69) is 10.6 Å². The predicted octanol–water partition coefficient (Wildman–Crippen LogP) is 3.37. The minimum atomic E-state index is -0.605. The Labute approximate surface area is 154 Å². The van der Waals surface area contributed by atoms with Crippen molar-refractivity contribution in [1.29, 1.82) is 0 Å². The van der Waals surface area contributed by atoms with Gasteiger partial charge in [0, 0.05) is 24.3 Å². The maximum absolute atomic E-state index is 12.6. The van der Waals surface area contributed by atoms with Crippen molar-refractivity contribution < 1.29 is 19.1 Å². The molecule has 0 unspecified atom stereocenters. The third-order valence-corrected chi connectivity index (χ3v) is 3.92. The first-order valence-electron chi connectivity index (χ1n) is 8.90. The Morgan fingerprint density at radius 3 is 2.46 bits per heavy atom. The Morgan fingerprint density at radius 2 is 1.85 bits per heavy atom. The first kappa shape index (κ1) is 19.8. The zero-order chi connectivity index (χ0) is 19.3. The third-order valence-electron chi connectivity index (χ3n) is 3.92. The summed E-state index contributed by atoms with van der Waals surface area (Å²) in [5, 5.41) is 5.58. The summed E-state index contributed by atoms with van der Waals surface area (Å²) in [4.78, 5) is 37.9. The molecule has 0 aliphatic carbocycles. The Morgan fingerprint density at radius 1 is 1.19 bits per heavy atom. The van der Waals surface area contributed by atoms with E-state index in [9.17, 15) is 14.4 Å². The molecular weight excluding hydrogens is 334 g/mol. The van der Waals surface area contributed by atoms with Crippen LogP contribution in [0.5, 0.6) is 0 Å². The second-order valence-corrected chi connectivity index (χ2v) is 7.30. The highest BCUT2D eigenvalue weighted by molar-refractivity contribution is 5.98. The van der Waals surface area contributed by atoms with E-state index in [0.717, 1.165) is 6.42 Å². The number of rotatable bonds is 4. The van der Waals surface area contributed by atoms with Gasteiger partial charge < -0.3 is 15.4 Å². The molecule has 142 valence electrons. The van der Waals surface area contributed by atoms with Crippen molar-refractivity contribution in [3.63, 3.8) is 0 Å². The zero-order valence-electron chi connectivity index (χ0n) is 15.8. The fourth-order valence-electron chi connectivity index (χ4n) is 2.73. The molecule has 1 aliphatic heterocycles. The average Bonchev–Trinajstić information content (AvgIpc) is 3.03. The van der Waals surface area contributed by atoms with Gasteiger partial charge in [0.15, 0.2) is 0 Å². The SMILES string of the molecule is CCC(=O)Nc1cccc(NC(=O)[C@H]2CCCN2C(=O)OC(C)(C)C)c1. The van der Waals surface area contributed by atoms with Crippen LogP contribution in [-0.2, 0) is 14.3 Å². The lowest BCUT2D eigenvalue weighted by Crippen LogP contribution is -2.45. The number of ether oxygens (including phenoxy) is 1. The molecule has 26 heavy (non-hydrogen) atoms. The van der Waals surface area contributed by atoms with E-state index in [1.807, 2.05) is 0 Å². The Bertz CT molecular complexity index is 682. The van der Waals surface area contributed by atoms with Crippen LogP contribution in [0.2, 0.25) is 0 Å². The molecule has 0 saturated carbocycles. The van der Waals surface area contributed by atoms with Gasteiger partial charge in [0.25, 0.3) is 0 Å². The van der Waals surface area contributed by atoms with Crippen LogP contribution in [0.1, 0.15) is 47.0 Å². The number of nitrogens with zero attached hydrogens (tertiary/aromatic N) is 1. The van der Waals surface area contributed by atoms with Gasteiger partial charge in [-0.05, 0) is 51.8 Å². The predicted molar refractivity (Wildman–Crippen MR) is 100.0 cm³/mol. The van der Waals surface area contributed by atoms with Crippen LogP contribution in [0.25, 0.3) is 0 Å². The molecule has 7 nitrogen and oxygen atoms in total. The number of carbonyl (C=O) groups excluding carboxylic acids is 3. The first-order valence-corrected chi connectivity index (χ1v) is 8.90. The van der Waals surface area contributed by atoms with Gasteiger partial charge in [0.05, 0.1) is 0 Å². The van der Waals surface area contributed by atoms with Gasteiger partial charge in [-0.1, -0.05) is 13.0 Å². The molecule has 2 rings (SSSR count). The lowest BCUT2D eigenvalue weighted by atomic mass is 10.2. The van der Waals surface area contributed by atoms with E-state index < -0.39 is 17.7 Å². The molecule has 1 saturated heterocycles. The van der Waals surface area contributed by atoms with Gasteiger partial charge in [-0.15, -0.1) is 0 Å². The van der Waals surface area contributed by atoms with Crippen LogP contribution in [0.4, 0.5) is 16.2 Å². The fourth-order valence-corrected chi connectivity index (χ4v) is 2.73. The molecule has 0 spiro atoms. The second kappa shape index (κ2) is 8.21. The van der Waals surface area contributed by atoms with Crippen molar-refractivity contribution in [2.75, 3.05) is 17.2 Å². The minimum absolute atomic E-state index is 0.0969. The van der Waals surface area contributed by atoms with Gasteiger partial charge in [-0.25, -0.2) is 4.79 Å². The fraction of sp³-hybridized carbons (Fsp3) is 0.526. The highest BCUT2D eigenvalue weighted by atomic mass is 16.6. The van der Waals surface area contributed by atoms with E-state index in [4.69, 9.17) is 4.74 Å². The van der Waals surface area contributed by atoms with E-state index in [0.29, 0.717) is 30.8 Å². The smallest absolute Gasteiger partial charge is 0.410 e. The maximum atomic E-state index is 12.6. The topological polar surface area (TPSA) is 87.7 Å². The lowest BCUT2D eigenvalue weighted by Gasteiger charge is -2.28. The molecule has 3 amide bonds. The zero-order valence-corrected chi connectivity index (χ0v) is 15.8. The highest BCUT2D eigenvalue weighted by Crippen LogP contribution is 2.23. The third kappa shape index (κ3) is 5.47. The van der Waals surface area contributed by atoms with Gasteiger partial charge in [0.2, 0.25) is 11.8 Å². The number of amides is 3. The van der Waals surface area contributed by atoms with Gasteiger partial charge in [-0.3, -0.25) is 14.5 Å². The summed E-state index contributed by atoms with van der Waals surface area (Å²) < 4.78 is 5.39. The second-order valence-electron chi connectivity index (χ2n) is 7.30. The molecule has 7 heteroatoms. The van der Waals surface area contributed by atoms with E-state index >= 15 is 0 Å². The van der Waals surface area contributed by atoms with Crippen molar-refractivity contribution in [3.8, 4) is 0 Å². The quantitative estimate of drug-likeness (QED) is 0.861. The van der Waals surface area contributed by atoms with E-state index in [-0.39, 0.29) is 11.8 Å². The summed E-state index contributed by atoms with van der Waals surface area (Å²) in [5.74, 6) is -0.354. The molecular formula is C19H27N3O4. The molecule has 1 aromatic carbocycles. The average molecular weight is 361 g/mol.